The fourth-order valence-corrected chi connectivity index (χ4v) is 1.79. The molecular weight excluding hydrogens is 180 g/mol. The second-order valence-corrected chi connectivity index (χ2v) is 3.72. The molecule has 1 aliphatic heterocycles. The van der Waals surface area contributed by atoms with Crippen LogP contribution in [0.3, 0.4) is 0 Å². The van der Waals surface area contributed by atoms with Crippen LogP contribution in [-0.4, -0.2) is 22.1 Å². The molecule has 4 heteroatoms. The highest BCUT2D eigenvalue weighted by Crippen LogP contribution is 2.19. The summed E-state index contributed by atoms with van der Waals surface area (Å²) in [5, 5.41) is 0. The number of esters is 1. The van der Waals surface area contributed by atoms with E-state index in [1.807, 2.05) is 4.57 Å². The molecule has 1 unspecified atom stereocenters. The molecule has 0 saturated carbocycles. The number of rotatable bonds is 2. The molecule has 0 aliphatic carbocycles. The maximum atomic E-state index is 11.3. The summed E-state index contributed by atoms with van der Waals surface area (Å²) in [5.41, 5.74) is 0.439. The van der Waals surface area contributed by atoms with Gasteiger partial charge in [-0.2, -0.15) is 0 Å². The standard InChI is InChI=1S/C10H14N2O2/c1-3-14-10(13)8-6-12-5-7(2)4-9(12)11-8/h6-7H,3-5H2,1-2H3. The predicted molar refractivity (Wildman–Crippen MR) is 51.1 cm³/mol. The van der Waals surface area contributed by atoms with Gasteiger partial charge in [-0.25, -0.2) is 9.78 Å². The maximum absolute atomic E-state index is 11.3. The van der Waals surface area contributed by atoms with Crippen molar-refractivity contribution in [1.82, 2.24) is 9.55 Å². The Morgan fingerprint density at radius 3 is 3.21 bits per heavy atom. The van der Waals surface area contributed by atoms with E-state index in [0.29, 0.717) is 18.2 Å². The van der Waals surface area contributed by atoms with Crippen LogP contribution in [0, 0.1) is 5.92 Å². The summed E-state index contributed by atoms with van der Waals surface area (Å²) >= 11 is 0. The third-order valence-electron chi connectivity index (χ3n) is 2.38. The number of nitrogens with zero attached hydrogens (tertiary/aromatic N) is 2. The highest BCUT2D eigenvalue weighted by atomic mass is 16.5. The van der Waals surface area contributed by atoms with E-state index in [0.717, 1.165) is 18.8 Å². The third kappa shape index (κ3) is 1.52. The Labute approximate surface area is 82.9 Å². The molecule has 2 heterocycles. The van der Waals surface area contributed by atoms with Crippen molar-refractivity contribution in [1.29, 1.82) is 0 Å². The van der Waals surface area contributed by atoms with Crippen molar-refractivity contribution in [2.24, 2.45) is 5.92 Å². The lowest BCUT2D eigenvalue weighted by Gasteiger charge is -1.99. The van der Waals surface area contributed by atoms with Crippen molar-refractivity contribution in [3.8, 4) is 0 Å². The van der Waals surface area contributed by atoms with E-state index < -0.39 is 0 Å². The zero-order valence-electron chi connectivity index (χ0n) is 8.49. The van der Waals surface area contributed by atoms with Gasteiger partial charge in [0, 0.05) is 19.2 Å². The molecule has 1 aromatic rings. The Morgan fingerprint density at radius 1 is 1.79 bits per heavy atom. The molecule has 0 radical (unpaired) electrons. The van der Waals surface area contributed by atoms with E-state index in [2.05, 4.69) is 11.9 Å². The topological polar surface area (TPSA) is 44.1 Å². The Morgan fingerprint density at radius 2 is 2.57 bits per heavy atom. The molecule has 0 fully saturated rings. The number of fused-ring (bicyclic) bond motifs is 1. The average molecular weight is 194 g/mol. The molecule has 0 spiro atoms. The molecule has 4 nitrogen and oxygen atoms in total. The molecule has 0 N–H and O–H groups in total. The monoisotopic (exact) mass is 194 g/mol. The molecule has 0 aromatic carbocycles. The van der Waals surface area contributed by atoms with Gasteiger partial charge < -0.3 is 9.30 Å². The minimum Gasteiger partial charge on any atom is -0.461 e. The first-order chi connectivity index (χ1) is 6.70. The lowest BCUT2D eigenvalue weighted by Crippen LogP contribution is -2.06. The summed E-state index contributed by atoms with van der Waals surface area (Å²) in [4.78, 5) is 15.6. The van der Waals surface area contributed by atoms with Crippen LogP contribution < -0.4 is 0 Å². The minimum absolute atomic E-state index is 0.318. The van der Waals surface area contributed by atoms with Gasteiger partial charge in [0.15, 0.2) is 5.69 Å². The summed E-state index contributed by atoms with van der Waals surface area (Å²) in [6.45, 7) is 5.33. The highest BCUT2D eigenvalue weighted by molar-refractivity contribution is 5.87. The van der Waals surface area contributed by atoms with Crippen molar-refractivity contribution < 1.29 is 9.53 Å². The van der Waals surface area contributed by atoms with Crippen molar-refractivity contribution in [3.05, 3.63) is 17.7 Å². The molecule has 1 atom stereocenters. The van der Waals surface area contributed by atoms with E-state index in [1.54, 1.807) is 13.1 Å². The number of imidazole rings is 1. The summed E-state index contributed by atoms with van der Waals surface area (Å²) < 4.78 is 6.92. The van der Waals surface area contributed by atoms with Crippen LogP contribution in [0.5, 0.6) is 0 Å². The van der Waals surface area contributed by atoms with Gasteiger partial charge >= 0.3 is 5.97 Å². The fourth-order valence-electron chi connectivity index (χ4n) is 1.79. The second-order valence-electron chi connectivity index (χ2n) is 3.72. The number of hydrogen-bond acceptors (Lipinski definition) is 3. The normalized spacial score (nSPS) is 19.4. The molecule has 0 bridgehead atoms. The first-order valence-electron chi connectivity index (χ1n) is 4.94. The van der Waals surface area contributed by atoms with Gasteiger partial charge in [-0.1, -0.05) is 6.92 Å². The SMILES string of the molecule is CCOC(=O)c1cn2c(n1)CC(C)C2. The molecule has 1 aliphatic rings. The van der Waals surface area contributed by atoms with Crippen LogP contribution >= 0.6 is 0 Å². The lowest BCUT2D eigenvalue weighted by atomic mass is 10.1. The number of hydrogen-bond donors (Lipinski definition) is 0. The second kappa shape index (κ2) is 3.44. The van der Waals surface area contributed by atoms with Gasteiger partial charge in [0.2, 0.25) is 0 Å². The molecule has 0 saturated heterocycles. The number of ether oxygens (including phenoxy) is 1. The number of carbonyl (C=O) groups is 1. The Bertz CT molecular complexity index is 334. The zero-order valence-corrected chi connectivity index (χ0v) is 8.49. The van der Waals surface area contributed by atoms with Gasteiger partial charge in [-0.15, -0.1) is 0 Å². The van der Waals surface area contributed by atoms with Crippen LogP contribution in [0.2, 0.25) is 0 Å². The van der Waals surface area contributed by atoms with Gasteiger partial charge in [-0.3, -0.25) is 0 Å². The molecule has 0 amide bonds. The highest BCUT2D eigenvalue weighted by Gasteiger charge is 2.22. The summed E-state index contributed by atoms with van der Waals surface area (Å²) in [7, 11) is 0. The summed E-state index contributed by atoms with van der Waals surface area (Å²) in [5.74, 6) is 1.32. The number of aromatic nitrogens is 2. The van der Waals surface area contributed by atoms with E-state index >= 15 is 0 Å². The third-order valence-corrected chi connectivity index (χ3v) is 2.38. The Hall–Kier alpha value is -1.32. The average Bonchev–Trinajstić information content (AvgIpc) is 2.61. The van der Waals surface area contributed by atoms with E-state index in [-0.39, 0.29) is 5.97 Å². The quantitative estimate of drug-likeness (QED) is 0.665. The van der Waals surface area contributed by atoms with Gasteiger partial charge in [0.1, 0.15) is 5.82 Å². The molecular formula is C10H14N2O2. The molecule has 1 aromatic heterocycles. The first-order valence-corrected chi connectivity index (χ1v) is 4.94. The van der Waals surface area contributed by atoms with Gasteiger partial charge in [-0.05, 0) is 12.8 Å². The summed E-state index contributed by atoms with van der Waals surface area (Å²) in [6, 6.07) is 0. The molecule has 76 valence electrons. The Kier molecular flexibility index (Phi) is 2.27. The van der Waals surface area contributed by atoms with E-state index in [9.17, 15) is 4.79 Å². The lowest BCUT2D eigenvalue weighted by molar-refractivity contribution is 0.0519. The van der Waals surface area contributed by atoms with Crippen LogP contribution in [0.4, 0.5) is 0 Å². The zero-order chi connectivity index (χ0) is 10.1. The van der Waals surface area contributed by atoms with Gasteiger partial charge in [0.25, 0.3) is 0 Å². The van der Waals surface area contributed by atoms with E-state index in [1.165, 1.54) is 0 Å². The van der Waals surface area contributed by atoms with Crippen molar-refractivity contribution in [2.75, 3.05) is 6.61 Å². The number of carbonyl (C=O) groups excluding carboxylic acids is 1. The van der Waals surface area contributed by atoms with Crippen LogP contribution in [0.25, 0.3) is 0 Å². The van der Waals surface area contributed by atoms with Gasteiger partial charge in [0.05, 0.1) is 6.61 Å². The smallest absolute Gasteiger partial charge is 0.358 e. The molecule has 14 heavy (non-hydrogen) atoms. The van der Waals surface area contributed by atoms with E-state index in [4.69, 9.17) is 4.74 Å². The predicted octanol–water partition coefficient (Wildman–Crippen LogP) is 1.25. The largest absolute Gasteiger partial charge is 0.461 e. The molecule has 2 rings (SSSR count). The fraction of sp³-hybridized carbons (Fsp3) is 0.600. The van der Waals surface area contributed by atoms with Crippen LogP contribution in [0.15, 0.2) is 6.20 Å². The van der Waals surface area contributed by atoms with Crippen LogP contribution in [-0.2, 0) is 17.7 Å². The van der Waals surface area contributed by atoms with Crippen molar-refractivity contribution in [3.63, 3.8) is 0 Å². The Balaban J connectivity index is 2.16. The van der Waals surface area contributed by atoms with Crippen molar-refractivity contribution >= 4 is 5.97 Å². The summed E-state index contributed by atoms with van der Waals surface area (Å²) in [6.07, 6.45) is 2.75. The maximum Gasteiger partial charge on any atom is 0.358 e. The minimum atomic E-state index is -0.318. The van der Waals surface area contributed by atoms with Crippen LogP contribution in [0.1, 0.15) is 30.2 Å². The van der Waals surface area contributed by atoms with Crippen molar-refractivity contribution in [2.45, 2.75) is 26.8 Å². The first kappa shape index (κ1) is 9.24.